The molecule has 0 fully saturated rings. The molecule has 0 aromatic rings. The highest BCUT2D eigenvalue weighted by Crippen LogP contribution is 2.16. The minimum Gasteiger partial charge on any atom is -0.349 e. The second-order valence-electron chi connectivity index (χ2n) is 3.32. The molecule has 0 rings (SSSR count). The number of halogens is 1. The molecule has 4 heteroatoms. The van der Waals surface area contributed by atoms with Crippen molar-refractivity contribution < 1.29 is 4.79 Å². The summed E-state index contributed by atoms with van der Waals surface area (Å²) >= 11 is 4.99. The number of rotatable bonds is 4. The quantitative estimate of drug-likeness (QED) is 0.778. The van der Waals surface area contributed by atoms with Crippen LogP contribution in [-0.2, 0) is 4.79 Å². The number of nitrogens with one attached hydrogen (secondary N) is 1. The predicted molar refractivity (Wildman–Crippen MR) is 59.0 cm³/mol. The Morgan fingerprint density at radius 1 is 1.67 bits per heavy atom. The third-order valence-corrected chi connectivity index (χ3v) is 3.43. The minimum atomic E-state index is -0.174. The largest absolute Gasteiger partial charge is 0.349 e. The van der Waals surface area contributed by atoms with Crippen molar-refractivity contribution in [1.29, 1.82) is 0 Å². The van der Waals surface area contributed by atoms with Crippen LogP contribution in [0.3, 0.4) is 0 Å². The van der Waals surface area contributed by atoms with Gasteiger partial charge in [-0.15, -0.1) is 0 Å². The van der Waals surface area contributed by atoms with Crippen molar-refractivity contribution >= 4 is 33.6 Å². The molecular weight excluding hydrogens is 238 g/mol. The Hall–Kier alpha value is 0.300. The van der Waals surface area contributed by atoms with Crippen molar-refractivity contribution in [2.45, 2.75) is 31.1 Å². The van der Waals surface area contributed by atoms with Gasteiger partial charge in [0, 0.05) is 10.4 Å². The maximum atomic E-state index is 11.2. The van der Waals surface area contributed by atoms with Crippen LogP contribution >= 0.6 is 27.7 Å². The van der Waals surface area contributed by atoms with E-state index in [9.17, 15) is 4.79 Å². The molecule has 1 unspecified atom stereocenters. The van der Waals surface area contributed by atoms with Crippen molar-refractivity contribution in [2.24, 2.45) is 0 Å². The van der Waals surface area contributed by atoms with E-state index in [1.807, 2.05) is 27.0 Å². The van der Waals surface area contributed by atoms with Gasteiger partial charge in [-0.05, 0) is 20.1 Å². The van der Waals surface area contributed by atoms with Crippen LogP contribution in [-0.4, -0.2) is 28.3 Å². The van der Waals surface area contributed by atoms with E-state index in [1.54, 1.807) is 0 Å². The average Bonchev–Trinajstić information content (AvgIpc) is 1.85. The first kappa shape index (κ1) is 12.3. The zero-order valence-corrected chi connectivity index (χ0v) is 10.4. The third-order valence-electron chi connectivity index (χ3n) is 1.73. The Labute approximate surface area is 87.0 Å². The van der Waals surface area contributed by atoms with Crippen molar-refractivity contribution in [3.63, 3.8) is 0 Å². The van der Waals surface area contributed by atoms with Crippen molar-refractivity contribution in [3.8, 4) is 0 Å². The molecule has 0 saturated heterocycles. The summed E-state index contributed by atoms with van der Waals surface area (Å²) in [5.41, 5.74) is -0.174. The van der Waals surface area contributed by atoms with E-state index in [-0.39, 0.29) is 16.3 Å². The summed E-state index contributed by atoms with van der Waals surface area (Å²) in [7, 11) is 0. The van der Waals surface area contributed by atoms with E-state index in [0.717, 1.165) is 0 Å². The maximum absolute atomic E-state index is 11.2. The fraction of sp³-hybridized carbons (Fsp3) is 0.875. The Bertz CT molecular complexity index is 159. The molecule has 0 radical (unpaired) electrons. The van der Waals surface area contributed by atoms with Gasteiger partial charge in [-0.2, -0.15) is 11.8 Å². The summed E-state index contributed by atoms with van der Waals surface area (Å²) in [6.45, 7) is 6.04. The topological polar surface area (TPSA) is 29.1 Å². The Morgan fingerprint density at radius 3 is 2.50 bits per heavy atom. The van der Waals surface area contributed by atoms with Crippen LogP contribution in [0.1, 0.15) is 20.8 Å². The van der Waals surface area contributed by atoms with Gasteiger partial charge in [-0.25, -0.2) is 0 Å². The van der Waals surface area contributed by atoms with E-state index < -0.39 is 0 Å². The Kier molecular flexibility index (Phi) is 5.25. The van der Waals surface area contributed by atoms with Gasteiger partial charge in [0.1, 0.15) is 0 Å². The van der Waals surface area contributed by atoms with Gasteiger partial charge in [-0.1, -0.05) is 22.9 Å². The van der Waals surface area contributed by atoms with E-state index in [4.69, 9.17) is 0 Å². The zero-order chi connectivity index (χ0) is 9.78. The summed E-state index contributed by atoms with van der Waals surface area (Å²) in [6.07, 6.45) is 1.92. The number of carbonyl (C=O) groups excluding carboxylic acids is 1. The predicted octanol–water partition coefficient (Wildman–Crippen LogP) is 2.03. The summed E-state index contributed by atoms with van der Waals surface area (Å²) in [4.78, 5) is 11.5. The lowest BCUT2D eigenvalue weighted by Crippen LogP contribution is -2.49. The number of amides is 1. The van der Waals surface area contributed by atoms with Crippen LogP contribution in [0.5, 0.6) is 0 Å². The van der Waals surface area contributed by atoms with E-state index >= 15 is 0 Å². The van der Waals surface area contributed by atoms with Crippen molar-refractivity contribution in [2.75, 3.05) is 12.0 Å². The SMILES string of the molecule is CSCC(=O)NC(C)(C)C(C)Br. The van der Waals surface area contributed by atoms with Crippen molar-refractivity contribution in [1.82, 2.24) is 5.32 Å². The molecule has 0 aliphatic heterocycles. The average molecular weight is 254 g/mol. The molecule has 1 N–H and O–H groups in total. The minimum absolute atomic E-state index is 0.0961. The van der Waals surface area contributed by atoms with Gasteiger partial charge >= 0.3 is 0 Å². The second kappa shape index (κ2) is 5.12. The van der Waals surface area contributed by atoms with Gasteiger partial charge in [0.2, 0.25) is 5.91 Å². The molecule has 0 heterocycles. The molecule has 0 aliphatic carbocycles. The summed E-state index contributed by atoms with van der Waals surface area (Å²) < 4.78 is 0. The van der Waals surface area contributed by atoms with Gasteiger partial charge in [0.15, 0.2) is 0 Å². The molecule has 72 valence electrons. The smallest absolute Gasteiger partial charge is 0.230 e. The molecule has 2 nitrogen and oxygen atoms in total. The van der Waals surface area contributed by atoms with Gasteiger partial charge in [0.05, 0.1) is 5.75 Å². The molecular formula is C8H16BrNOS. The van der Waals surface area contributed by atoms with Crippen LogP contribution in [0, 0.1) is 0 Å². The van der Waals surface area contributed by atoms with Crippen LogP contribution in [0.25, 0.3) is 0 Å². The number of hydrogen-bond acceptors (Lipinski definition) is 2. The normalized spacial score (nSPS) is 14.1. The molecule has 0 aromatic carbocycles. The molecule has 0 bridgehead atoms. The highest BCUT2D eigenvalue weighted by atomic mass is 79.9. The number of carbonyl (C=O) groups is 1. The first-order valence-electron chi connectivity index (χ1n) is 3.84. The fourth-order valence-electron chi connectivity index (χ4n) is 0.626. The standard InChI is InChI=1S/C8H16BrNOS/c1-6(9)8(2,3)10-7(11)5-12-4/h6H,5H2,1-4H3,(H,10,11). The summed E-state index contributed by atoms with van der Waals surface area (Å²) in [5.74, 6) is 0.627. The lowest BCUT2D eigenvalue weighted by molar-refractivity contribution is -0.120. The highest BCUT2D eigenvalue weighted by molar-refractivity contribution is 9.09. The monoisotopic (exact) mass is 253 g/mol. The molecule has 1 amide bonds. The van der Waals surface area contributed by atoms with Crippen LogP contribution in [0.2, 0.25) is 0 Å². The molecule has 12 heavy (non-hydrogen) atoms. The van der Waals surface area contributed by atoms with Crippen LogP contribution in [0.4, 0.5) is 0 Å². The maximum Gasteiger partial charge on any atom is 0.230 e. The molecule has 0 aliphatic rings. The van der Waals surface area contributed by atoms with E-state index in [0.29, 0.717) is 5.75 Å². The summed E-state index contributed by atoms with van der Waals surface area (Å²) in [6, 6.07) is 0. The first-order valence-corrected chi connectivity index (χ1v) is 6.15. The molecule has 1 atom stereocenters. The van der Waals surface area contributed by atoms with Crippen molar-refractivity contribution in [3.05, 3.63) is 0 Å². The number of thioether (sulfide) groups is 1. The fourth-order valence-corrected chi connectivity index (χ4v) is 1.07. The number of hydrogen-bond donors (Lipinski definition) is 1. The molecule has 0 aromatic heterocycles. The Morgan fingerprint density at radius 2 is 2.17 bits per heavy atom. The lowest BCUT2D eigenvalue weighted by atomic mass is 10.0. The molecule has 0 saturated carbocycles. The third kappa shape index (κ3) is 4.36. The summed E-state index contributed by atoms with van der Waals surface area (Å²) in [5, 5.41) is 2.95. The zero-order valence-electron chi connectivity index (χ0n) is 7.98. The van der Waals surface area contributed by atoms with Gasteiger partial charge in [0.25, 0.3) is 0 Å². The number of alkyl halides is 1. The first-order chi connectivity index (χ1) is 5.40. The van der Waals surface area contributed by atoms with E-state index in [1.165, 1.54) is 11.8 Å². The van der Waals surface area contributed by atoms with E-state index in [2.05, 4.69) is 21.2 Å². The van der Waals surface area contributed by atoms with Crippen LogP contribution < -0.4 is 5.32 Å². The highest BCUT2D eigenvalue weighted by Gasteiger charge is 2.24. The van der Waals surface area contributed by atoms with Crippen LogP contribution in [0.15, 0.2) is 0 Å². The molecule has 0 spiro atoms. The second-order valence-corrected chi connectivity index (χ2v) is 5.56. The van der Waals surface area contributed by atoms with Gasteiger partial charge in [-0.3, -0.25) is 4.79 Å². The lowest BCUT2D eigenvalue weighted by Gasteiger charge is -2.29. The van der Waals surface area contributed by atoms with Gasteiger partial charge < -0.3 is 5.32 Å². The Balaban J connectivity index is 3.97.